The first kappa shape index (κ1) is 26.9. The van der Waals surface area contributed by atoms with Gasteiger partial charge in [0.25, 0.3) is 0 Å². The van der Waals surface area contributed by atoms with Crippen molar-refractivity contribution in [2.24, 2.45) is 0 Å². The van der Waals surface area contributed by atoms with Gasteiger partial charge in [0.05, 0.1) is 12.9 Å². The Morgan fingerprint density at radius 1 is 1.22 bits per heavy atom. The minimum atomic E-state index is -4.73. The molecule has 182 valence electrons. The van der Waals surface area contributed by atoms with E-state index in [1.165, 1.54) is 42.3 Å². The molecule has 4 atom stereocenters. The summed E-state index contributed by atoms with van der Waals surface area (Å²) in [6.45, 7) is 9.53. The van der Waals surface area contributed by atoms with E-state index in [4.69, 9.17) is 20.3 Å². The molecule has 1 aliphatic rings. The number of anilines is 1. The molecule has 0 saturated carbocycles. The summed E-state index contributed by atoms with van der Waals surface area (Å²) in [5.41, 5.74) is 6.43. The van der Waals surface area contributed by atoms with E-state index in [2.05, 4.69) is 45.1 Å². The smallest absolute Gasteiger partial charge is 0.387 e. The largest absolute Gasteiger partial charge is 0.469 e. The Labute approximate surface area is 190 Å². The van der Waals surface area contributed by atoms with Crippen LogP contribution >= 0.6 is 19.6 Å². The van der Waals surface area contributed by atoms with Crippen LogP contribution < -0.4 is 5.73 Å². The van der Waals surface area contributed by atoms with E-state index < -0.39 is 39.0 Å². The zero-order chi connectivity index (χ0) is 24.1. The van der Waals surface area contributed by atoms with Gasteiger partial charge in [-0.25, -0.2) is 19.5 Å². The number of ether oxygens (including phenoxy) is 1. The van der Waals surface area contributed by atoms with Crippen LogP contribution in [0.1, 0.15) is 27.0 Å². The van der Waals surface area contributed by atoms with Gasteiger partial charge < -0.3 is 35.4 Å². The van der Waals surface area contributed by atoms with Gasteiger partial charge in [0.2, 0.25) is 0 Å². The number of aromatic nitrogens is 4. The second-order valence-corrected chi connectivity index (χ2v) is 8.88. The van der Waals surface area contributed by atoms with E-state index in [1.54, 1.807) is 6.26 Å². The van der Waals surface area contributed by atoms with Crippen LogP contribution in [0, 0.1) is 0 Å². The molecule has 0 bridgehead atoms. The van der Waals surface area contributed by atoms with Crippen molar-refractivity contribution in [1.29, 1.82) is 0 Å². The minimum absolute atomic E-state index is 0.155. The van der Waals surface area contributed by atoms with Gasteiger partial charge >= 0.3 is 7.82 Å². The van der Waals surface area contributed by atoms with Crippen molar-refractivity contribution in [3.8, 4) is 0 Å². The van der Waals surface area contributed by atoms with Gasteiger partial charge in [-0.05, 0) is 25.9 Å². The summed E-state index contributed by atoms with van der Waals surface area (Å²) in [5.74, 6) is 0.155. The molecule has 15 heteroatoms. The average molecular weight is 495 g/mol. The Morgan fingerprint density at radius 2 is 1.84 bits per heavy atom. The van der Waals surface area contributed by atoms with Gasteiger partial charge in [-0.1, -0.05) is 32.5 Å². The first-order valence-electron chi connectivity index (χ1n) is 10.0. The molecule has 0 aromatic carbocycles. The highest BCUT2D eigenvalue weighted by Gasteiger charge is 2.45. The highest BCUT2D eigenvalue weighted by atomic mass is 32.2. The zero-order valence-corrected chi connectivity index (χ0v) is 20.1. The number of phosphoric acid groups is 1. The molecular formula is C17H31N6O7PS. The number of nitrogens with zero attached hydrogens (tertiary/aromatic N) is 5. The lowest BCUT2D eigenvalue weighted by molar-refractivity contribution is -0.0504. The quantitative estimate of drug-likeness (QED) is 0.190. The van der Waals surface area contributed by atoms with Crippen LogP contribution in [-0.4, -0.2) is 95.2 Å². The molecular weight excluding hydrogens is 463 g/mol. The van der Waals surface area contributed by atoms with Crippen LogP contribution in [0.15, 0.2) is 11.5 Å². The summed E-state index contributed by atoms with van der Waals surface area (Å²) in [7, 11) is -4.73. The van der Waals surface area contributed by atoms with Gasteiger partial charge in [0.1, 0.15) is 23.8 Å². The van der Waals surface area contributed by atoms with Crippen molar-refractivity contribution in [2.45, 2.75) is 50.5 Å². The highest BCUT2D eigenvalue weighted by Crippen LogP contribution is 2.39. The maximum atomic E-state index is 10.8. The van der Waals surface area contributed by atoms with Crippen LogP contribution in [0.2, 0.25) is 0 Å². The average Bonchev–Trinajstić information content (AvgIpc) is 3.29. The van der Waals surface area contributed by atoms with Gasteiger partial charge in [-0.2, -0.15) is 0 Å². The third-order valence-electron chi connectivity index (χ3n) is 4.97. The summed E-state index contributed by atoms with van der Waals surface area (Å²) >= 11 is 1.26. The summed E-state index contributed by atoms with van der Waals surface area (Å²) in [6.07, 6.45) is -1.96. The van der Waals surface area contributed by atoms with Crippen LogP contribution in [0.4, 0.5) is 5.82 Å². The van der Waals surface area contributed by atoms with Gasteiger partial charge in [-0.3, -0.25) is 9.09 Å². The molecule has 0 radical (unpaired) electrons. The fourth-order valence-electron chi connectivity index (χ4n) is 3.13. The molecule has 3 rings (SSSR count). The molecule has 6 N–H and O–H groups in total. The second-order valence-electron chi connectivity index (χ2n) is 6.87. The van der Waals surface area contributed by atoms with Crippen LogP contribution in [0.5, 0.6) is 0 Å². The summed E-state index contributed by atoms with van der Waals surface area (Å²) in [4.78, 5) is 32.3. The fourth-order valence-corrected chi connectivity index (χ4v) is 3.84. The number of nitrogen functional groups attached to an aromatic ring is 1. The Balaban J connectivity index is 0.000000451. The zero-order valence-electron chi connectivity index (χ0n) is 18.4. The molecule has 0 spiro atoms. The molecule has 13 nitrogen and oxygen atoms in total. The number of nitrogens with two attached hydrogens (primary N) is 1. The van der Waals surface area contributed by atoms with Crippen LogP contribution in [-0.2, 0) is 13.8 Å². The molecule has 1 aliphatic heterocycles. The molecule has 0 unspecified atom stereocenters. The Hall–Kier alpha value is -1.35. The number of hydrogen-bond donors (Lipinski definition) is 5. The second kappa shape index (κ2) is 11.7. The lowest BCUT2D eigenvalue weighted by atomic mass is 10.1. The molecule has 2 aromatic heterocycles. The third kappa shape index (κ3) is 6.59. The first-order chi connectivity index (χ1) is 15.1. The van der Waals surface area contributed by atoms with Crippen molar-refractivity contribution in [3.63, 3.8) is 0 Å². The van der Waals surface area contributed by atoms with E-state index in [-0.39, 0.29) is 5.82 Å². The topological polar surface area (TPSA) is 189 Å². The van der Waals surface area contributed by atoms with Crippen molar-refractivity contribution in [3.05, 3.63) is 6.33 Å². The predicted molar refractivity (Wildman–Crippen MR) is 119 cm³/mol. The van der Waals surface area contributed by atoms with Crippen molar-refractivity contribution >= 4 is 36.6 Å². The summed E-state index contributed by atoms with van der Waals surface area (Å²) in [6, 6.07) is 0. The molecule has 0 aliphatic carbocycles. The third-order valence-corrected chi connectivity index (χ3v) is 6.00. The van der Waals surface area contributed by atoms with E-state index in [9.17, 15) is 14.8 Å². The van der Waals surface area contributed by atoms with Crippen LogP contribution in [0.25, 0.3) is 11.2 Å². The van der Waals surface area contributed by atoms with Crippen molar-refractivity contribution in [2.75, 3.05) is 38.2 Å². The summed E-state index contributed by atoms with van der Waals surface area (Å²) < 4.78 is 22.0. The molecule has 2 aromatic rings. The number of fused-ring (bicyclic) bond motifs is 1. The molecule has 3 heterocycles. The number of aliphatic hydroxyl groups excluding tert-OH is 2. The molecule has 1 fully saturated rings. The number of aliphatic hydroxyl groups is 2. The number of rotatable bonds is 8. The van der Waals surface area contributed by atoms with Gasteiger partial charge in [0.15, 0.2) is 22.8 Å². The molecule has 1 saturated heterocycles. The first-order valence-corrected chi connectivity index (χ1v) is 12.8. The maximum Gasteiger partial charge on any atom is 0.469 e. The maximum absolute atomic E-state index is 10.8. The molecule has 0 amide bonds. The van der Waals surface area contributed by atoms with E-state index in [1.807, 2.05) is 0 Å². The monoisotopic (exact) mass is 494 g/mol. The Morgan fingerprint density at radius 3 is 2.34 bits per heavy atom. The predicted octanol–water partition coefficient (Wildman–Crippen LogP) is 0.207. The normalized spacial score (nSPS) is 23.5. The number of imidazole rings is 1. The number of hydrogen-bond acceptors (Lipinski definition) is 11. The minimum Gasteiger partial charge on any atom is -0.387 e. The lowest BCUT2D eigenvalue weighted by Gasteiger charge is -2.16. The van der Waals surface area contributed by atoms with Gasteiger partial charge in [0, 0.05) is 0 Å². The van der Waals surface area contributed by atoms with E-state index >= 15 is 0 Å². The fraction of sp³-hybridized carbons (Fsp3) is 0.706. The number of phosphoric ester groups is 1. The van der Waals surface area contributed by atoms with Gasteiger partial charge in [-0.15, -0.1) is 0 Å². The SMILES string of the molecule is CCN(CC)CC.CSc1nc(N)c2ncn([C@@H]3O[C@H](COP(=O)(O)O)[C@@H](O)[C@H]3O)c2n1. The van der Waals surface area contributed by atoms with Crippen molar-refractivity contribution in [1.82, 2.24) is 24.4 Å². The van der Waals surface area contributed by atoms with Crippen molar-refractivity contribution < 1.29 is 33.8 Å². The number of thioether (sulfide) groups is 1. The summed E-state index contributed by atoms with van der Waals surface area (Å²) in [5, 5.41) is 20.7. The van der Waals surface area contributed by atoms with E-state index in [0.717, 1.165) is 0 Å². The standard InChI is InChI=1S/C11H16N5O7PS.C6H15N/c1-25-11-14-8(12)5-9(15-11)16(3-13-5)10-7(18)6(17)4(23-10)2-22-24(19,20)21;1-4-7(5-2)6-3/h3-4,6-7,10,17-18H,2H2,1H3,(H2,12,14,15)(H2,19,20,21);4-6H2,1-3H3/t4-,6-,7-,10-;/m1./s1. The van der Waals surface area contributed by atoms with E-state index in [0.29, 0.717) is 16.3 Å². The Kier molecular flexibility index (Phi) is 9.82. The Bertz CT molecular complexity index is 919. The lowest BCUT2D eigenvalue weighted by Crippen LogP contribution is -2.33. The molecule has 32 heavy (non-hydrogen) atoms. The highest BCUT2D eigenvalue weighted by molar-refractivity contribution is 7.98. The van der Waals surface area contributed by atoms with Crippen LogP contribution in [0.3, 0.4) is 0 Å².